The van der Waals surface area contributed by atoms with Crippen molar-refractivity contribution >= 4 is 33.2 Å². The Morgan fingerprint density at radius 3 is 2.48 bits per heavy atom. The quantitative estimate of drug-likeness (QED) is 0.795. The van der Waals surface area contributed by atoms with Gasteiger partial charge in [-0.05, 0) is 36.8 Å². The number of methoxy groups -OCH3 is 1. The van der Waals surface area contributed by atoms with Gasteiger partial charge in [-0.25, -0.2) is 17.5 Å². The van der Waals surface area contributed by atoms with E-state index in [1.54, 1.807) is 19.1 Å². The normalized spacial score (nSPS) is 12.9. The van der Waals surface area contributed by atoms with Crippen LogP contribution in [0, 0.1) is 5.82 Å². The molecule has 0 aromatic heterocycles. The van der Waals surface area contributed by atoms with Gasteiger partial charge in [0.05, 0.1) is 12.1 Å². The highest BCUT2D eigenvalue weighted by Gasteiger charge is 2.23. The van der Waals surface area contributed by atoms with E-state index in [0.717, 1.165) is 6.07 Å². The van der Waals surface area contributed by atoms with Gasteiger partial charge in [-0.1, -0.05) is 35.3 Å². The molecule has 0 aliphatic rings. The van der Waals surface area contributed by atoms with Crippen LogP contribution in [0.3, 0.4) is 0 Å². The predicted octanol–water partition coefficient (Wildman–Crippen LogP) is 4.18. The molecule has 0 aliphatic carbocycles. The van der Waals surface area contributed by atoms with Gasteiger partial charge in [0.2, 0.25) is 10.0 Å². The Labute approximate surface area is 144 Å². The summed E-state index contributed by atoms with van der Waals surface area (Å²) >= 11 is 11.7. The number of benzene rings is 2. The fraction of sp³-hybridized carbons (Fsp3) is 0.200. The average molecular weight is 378 g/mol. The lowest BCUT2D eigenvalue weighted by atomic mass is 10.1. The van der Waals surface area contributed by atoms with Crippen LogP contribution in [-0.4, -0.2) is 15.5 Å². The van der Waals surface area contributed by atoms with Gasteiger partial charge in [0.1, 0.15) is 16.5 Å². The lowest BCUT2D eigenvalue weighted by molar-refractivity contribution is 0.402. The maximum Gasteiger partial charge on any atom is 0.244 e. The van der Waals surface area contributed by atoms with Crippen molar-refractivity contribution in [3.05, 3.63) is 57.8 Å². The fourth-order valence-electron chi connectivity index (χ4n) is 2.07. The molecule has 2 rings (SSSR count). The van der Waals surface area contributed by atoms with Crippen molar-refractivity contribution in [3.8, 4) is 5.75 Å². The van der Waals surface area contributed by atoms with E-state index in [9.17, 15) is 12.8 Å². The van der Waals surface area contributed by atoms with Crippen LogP contribution >= 0.6 is 23.2 Å². The van der Waals surface area contributed by atoms with Crippen LogP contribution < -0.4 is 9.46 Å². The lowest BCUT2D eigenvalue weighted by Gasteiger charge is -2.17. The van der Waals surface area contributed by atoms with Crippen LogP contribution in [0.25, 0.3) is 0 Å². The van der Waals surface area contributed by atoms with Gasteiger partial charge in [-0.2, -0.15) is 0 Å². The zero-order valence-corrected chi connectivity index (χ0v) is 14.6. The Kier molecular flexibility index (Phi) is 5.52. The molecule has 0 spiro atoms. The van der Waals surface area contributed by atoms with Gasteiger partial charge >= 0.3 is 0 Å². The third-order valence-corrected chi connectivity index (χ3v) is 5.39. The van der Waals surface area contributed by atoms with Crippen molar-refractivity contribution in [2.24, 2.45) is 0 Å². The molecule has 124 valence electrons. The second kappa shape index (κ2) is 7.05. The first-order valence-electron chi connectivity index (χ1n) is 6.56. The monoisotopic (exact) mass is 377 g/mol. The van der Waals surface area contributed by atoms with Crippen LogP contribution in [0.2, 0.25) is 10.0 Å². The van der Waals surface area contributed by atoms with E-state index in [4.69, 9.17) is 27.9 Å². The molecule has 1 unspecified atom stereocenters. The summed E-state index contributed by atoms with van der Waals surface area (Å²) in [6.07, 6.45) is 0. The molecule has 1 N–H and O–H groups in total. The molecule has 0 fully saturated rings. The van der Waals surface area contributed by atoms with Crippen LogP contribution in [0.5, 0.6) is 5.75 Å². The van der Waals surface area contributed by atoms with Crippen LogP contribution in [-0.2, 0) is 10.0 Å². The van der Waals surface area contributed by atoms with E-state index in [1.807, 2.05) is 0 Å². The number of hydrogen-bond acceptors (Lipinski definition) is 3. The van der Waals surface area contributed by atoms with Crippen LogP contribution in [0.4, 0.5) is 4.39 Å². The van der Waals surface area contributed by atoms with E-state index in [2.05, 4.69) is 4.72 Å². The molecule has 0 aliphatic heterocycles. The minimum atomic E-state index is -3.88. The summed E-state index contributed by atoms with van der Waals surface area (Å²) in [5.74, 6) is -0.463. The zero-order valence-electron chi connectivity index (χ0n) is 12.3. The SMILES string of the molecule is COc1ccccc1S(=O)(=O)NC(C)c1cc(F)c(Cl)cc1Cl. The first-order chi connectivity index (χ1) is 10.8. The summed E-state index contributed by atoms with van der Waals surface area (Å²) in [6.45, 7) is 1.56. The number of sulfonamides is 1. The number of para-hydroxylation sites is 1. The van der Waals surface area contributed by atoms with E-state index in [1.165, 1.54) is 25.3 Å². The highest BCUT2D eigenvalue weighted by molar-refractivity contribution is 7.89. The summed E-state index contributed by atoms with van der Waals surface area (Å²) < 4.78 is 46.1. The molecule has 2 aromatic carbocycles. The summed E-state index contributed by atoms with van der Waals surface area (Å²) in [5.41, 5.74) is 0.284. The number of hydrogen-bond donors (Lipinski definition) is 1. The Bertz CT molecular complexity index is 827. The molecule has 0 radical (unpaired) electrons. The minimum absolute atomic E-state index is 0.0140. The topological polar surface area (TPSA) is 55.4 Å². The highest BCUT2D eigenvalue weighted by Crippen LogP contribution is 2.30. The third kappa shape index (κ3) is 3.95. The summed E-state index contributed by atoms with van der Waals surface area (Å²) in [7, 11) is -2.50. The predicted molar refractivity (Wildman–Crippen MR) is 88.2 cm³/mol. The van der Waals surface area contributed by atoms with Crippen molar-refractivity contribution in [3.63, 3.8) is 0 Å². The zero-order chi connectivity index (χ0) is 17.2. The second-order valence-electron chi connectivity index (χ2n) is 4.78. The highest BCUT2D eigenvalue weighted by atomic mass is 35.5. The van der Waals surface area contributed by atoms with Crippen molar-refractivity contribution in [1.82, 2.24) is 4.72 Å². The van der Waals surface area contributed by atoms with Crippen molar-refractivity contribution in [2.45, 2.75) is 17.9 Å². The van der Waals surface area contributed by atoms with Crippen molar-refractivity contribution in [1.29, 1.82) is 0 Å². The van der Waals surface area contributed by atoms with E-state index in [0.29, 0.717) is 0 Å². The molecule has 0 heterocycles. The van der Waals surface area contributed by atoms with Crippen molar-refractivity contribution in [2.75, 3.05) is 7.11 Å². The average Bonchev–Trinajstić information content (AvgIpc) is 2.50. The Balaban J connectivity index is 2.36. The van der Waals surface area contributed by atoms with Gasteiger partial charge in [-0.3, -0.25) is 0 Å². The van der Waals surface area contributed by atoms with Gasteiger partial charge < -0.3 is 4.74 Å². The van der Waals surface area contributed by atoms with Crippen molar-refractivity contribution < 1.29 is 17.5 Å². The third-order valence-electron chi connectivity index (χ3n) is 3.20. The standard InChI is InChI=1S/C15H14Cl2FNO3S/c1-9(10-7-13(18)12(17)8-11(10)16)19-23(20,21)15-6-4-3-5-14(15)22-2/h3-9,19H,1-2H3. The molecule has 0 saturated carbocycles. The minimum Gasteiger partial charge on any atom is -0.495 e. The summed E-state index contributed by atoms with van der Waals surface area (Å²) in [4.78, 5) is -0.0140. The molecule has 2 aromatic rings. The fourth-order valence-corrected chi connectivity index (χ4v) is 4.01. The Hall–Kier alpha value is -1.34. The molecule has 8 heteroatoms. The molecule has 4 nitrogen and oxygen atoms in total. The molecule has 1 atom stereocenters. The van der Waals surface area contributed by atoms with Gasteiger partial charge in [0.15, 0.2) is 0 Å². The number of rotatable bonds is 5. The van der Waals surface area contributed by atoms with Gasteiger partial charge in [0.25, 0.3) is 0 Å². The second-order valence-corrected chi connectivity index (χ2v) is 7.28. The molecule has 0 amide bonds. The first kappa shape index (κ1) is 18.0. The van der Waals surface area contributed by atoms with Gasteiger partial charge in [0, 0.05) is 11.1 Å². The Morgan fingerprint density at radius 1 is 1.17 bits per heavy atom. The molecular weight excluding hydrogens is 364 g/mol. The number of nitrogens with one attached hydrogen (secondary N) is 1. The number of ether oxygens (including phenoxy) is 1. The number of halogens is 3. The van der Waals surface area contributed by atoms with Crippen LogP contribution in [0.1, 0.15) is 18.5 Å². The largest absolute Gasteiger partial charge is 0.495 e. The molecular formula is C15H14Cl2FNO3S. The summed E-state index contributed by atoms with van der Waals surface area (Å²) in [5, 5.41) is 0.0464. The summed E-state index contributed by atoms with van der Waals surface area (Å²) in [6, 6.07) is 7.78. The Morgan fingerprint density at radius 2 is 1.83 bits per heavy atom. The van der Waals surface area contributed by atoms with E-state index < -0.39 is 21.9 Å². The smallest absolute Gasteiger partial charge is 0.244 e. The molecule has 23 heavy (non-hydrogen) atoms. The molecule has 0 bridgehead atoms. The van der Waals surface area contributed by atoms with Crippen LogP contribution in [0.15, 0.2) is 41.3 Å². The maximum absolute atomic E-state index is 13.6. The maximum atomic E-state index is 13.6. The molecule has 0 saturated heterocycles. The van der Waals surface area contributed by atoms with Gasteiger partial charge in [-0.15, -0.1) is 0 Å². The van der Waals surface area contributed by atoms with E-state index >= 15 is 0 Å². The first-order valence-corrected chi connectivity index (χ1v) is 8.80. The lowest BCUT2D eigenvalue weighted by Crippen LogP contribution is -2.27. The van der Waals surface area contributed by atoms with E-state index in [-0.39, 0.29) is 26.3 Å².